The third-order valence-corrected chi connectivity index (χ3v) is 7.88. The maximum Gasteiger partial charge on any atom is 0.471 e. The number of anilines is 1. The van der Waals surface area contributed by atoms with Gasteiger partial charge in [0.05, 0.1) is 7.11 Å². The molecule has 0 saturated heterocycles. The molecule has 0 bridgehead atoms. The van der Waals surface area contributed by atoms with Crippen LogP contribution >= 0.6 is 0 Å². The number of para-hydroxylation sites is 1. The van der Waals surface area contributed by atoms with Crippen LogP contribution in [0.15, 0.2) is 47.9 Å². The predicted molar refractivity (Wildman–Crippen MR) is 143 cm³/mol. The molecule has 0 saturated carbocycles. The summed E-state index contributed by atoms with van der Waals surface area (Å²) in [7, 11) is -0.305. The Hall–Kier alpha value is -3.52. The summed E-state index contributed by atoms with van der Waals surface area (Å²) >= 11 is 0. The van der Waals surface area contributed by atoms with Gasteiger partial charge in [-0.1, -0.05) is 57.8 Å². The van der Waals surface area contributed by atoms with E-state index in [0.29, 0.717) is 12.2 Å². The molecule has 1 aliphatic rings. The number of hydrogen-bond acceptors (Lipinski definition) is 8. The number of hydrogen-bond donors (Lipinski definition) is 3. The molecule has 1 aliphatic heterocycles. The fraction of sp³-hybridized carbons (Fsp3) is 0.500. The Morgan fingerprint density at radius 3 is 2.40 bits per heavy atom. The van der Waals surface area contributed by atoms with Crippen LogP contribution in [0, 0.1) is 5.92 Å². The number of halogens is 3. The van der Waals surface area contributed by atoms with Crippen LogP contribution in [-0.2, 0) is 24.7 Å². The second-order valence-corrected chi connectivity index (χ2v) is 16.1. The molecule has 1 aromatic rings. The molecule has 2 amide bonds. The minimum Gasteiger partial charge on any atom is -0.550 e. The van der Waals surface area contributed by atoms with E-state index < -0.39 is 43.8 Å². The van der Waals surface area contributed by atoms with Crippen molar-refractivity contribution in [2.45, 2.75) is 57.8 Å². The zero-order chi connectivity index (χ0) is 30.3. The Bertz CT molecular complexity index is 1150. The van der Waals surface area contributed by atoms with Crippen molar-refractivity contribution in [1.82, 2.24) is 15.5 Å². The Labute approximate surface area is 232 Å². The van der Waals surface area contributed by atoms with Gasteiger partial charge in [-0.3, -0.25) is 10.1 Å². The fourth-order valence-electron chi connectivity index (χ4n) is 4.08. The van der Waals surface area contributed by atoms with Gasteiger partial charge in [-0.05, 0) is 24.1 Å². The van der Waals surface area contributed by atoms with Crippen molar-refractivity contribution in [2.24, 2.45) is 5.92 Å². The smallest absolute Gasteiger partial charge is 0.471 e. The number of alkyl halides is 3. The molecule has 3 N–H and O–H groups in total. The number of benzene rings is 1. The largest absolute Gasteiger partial charge is 0.550 e. The maximum absolute atomic E-state index is 13.2. The molecule has 10 nitrogen and oxygen atoms in total. The first-order chi connectivity index (χ1) is 18.5. The third-order valence-electron chi connectivity index (χ3n) is 6.17. The molecule has 0 aromatic heterocycles. The SMILES string of the molecule is CCC(=CC(C)C(=O)[O-])C1(c2ccccc2NC(=O)C(F)(F)F)NC(NC(=O)OC)=CN1COCC[Si](C)(C)C. The number of carbonyl (C=O) groups is 3. The number of aliphatic carboxylic acids is 1. The van der Waals surface area contributed by atoms with E-state index in [1.807, 2.05) is 5.32 Å². The summed E-state index contributed by atoms with van der Waals surface area (Å²) in [6, 6.07) is 6.64. The highest BCUT2D eigenvalue weighted by molar-refractivity contribution is 6.76. The van der Waals surface area contributed by atoms with Gasteiger partial charge >= 0.3 is 18.2 Å². The number of carboxylic acid groups (broad SMARTS) is 1. The highest BCUT2D eigenvalue weighted by atomic mass is 28.3. The highest BCUT2D eigenvalue weighted by Gasteiger charge is 2.48. The van der Waals surface area contributed by atoms with Gasteiger partial charge in [0.2, 0.25) is 0 Å². The van der Waals surface area contributed by atoms with Crippen LogP contribution in [0.1, 0.15) is 25.8 Å². The lowest BCUT2D eigenvalue weighted by Gasteiger charge is -2.43. The number of alkyl carbamates (subject to hydrolysis) is 1. The van der Waals surface area contributed by atoms with Crippen molar-refractivity contribution in [2.75, 3.05) is 25.8 Å². The van der Waals surface area contributed by atoms with Crippen molar-refractivity contribution < 1.29 is 42.1 Å². The lowest BCUT2D eigenvalue weighted by Crippen LogP contribution is -2.53. The standard InChI is InChI=1S/C26H37F3N4O6Si/c1-7-18(14-17(2)22(34)35)25(19-10-8-9-11-20(19)30-23(36)26(27,28)29)32-21(31-24(37)38-3)15-33(25)16-39-12-13-40(4,5)6/h8-11,14-15,17,32H,7,12-13,16H2,1-6H3,(H,30,36)(H,31,37)(H,34,35)/p-1. The van der Waals surface area contributed by atoms with Crippen LogP contribution in [0.3, 0.4) is 0 Å². The number of ether oxygens (including phenoxy) is 2. The maximum atomic E-state index is 13.2. The zero-order valence-electron chi connectivity index (χ0n) is 23.4. The molecule has 1 aromatic carbocycles. The van der Waals surface area contributed by atoms with Crippen molar-refractivity contribution in [3.05, 3.63) is 53.5 Å². The van der Waals surface area contributed by atoms with Crippen LogP contribution in [0.5, 0.6) is 0 Å². The summed E-state index contributed by atoms with van der Waals surface area (Å²) in [6.45, 7) is 9.97. The molecule has 2 unspecified atom stereocenters. The number of methoxy groups -OCH3 is 1. The minimum absolute atomic E-state index is 0.0948. The van der Waals surface area contributed by atoms with Crippen LogP contribution in [0.4, 0.5) is 23.7 Å². The first-order valence-corrected chi connectivity index (χ1v) is 16.3. The Kier molecular flexibility index (Phi) is 10.8. The van der Waals surface area contributed by atoms with E-state index >= 15 is 0 Å². The number of carbonyl (C=O) groups excluding carboxylic acids is 3. The summed E-state index contributed by atoms with van der Waals surface area (Å²) in [6.07, 6.45) is -2.85. The monoisotopic (exact) mass is 585 g/mol. The zero-order valence-corrected chi connectivity index (χ0v) is 24.4. The molecular formula is C26H36F3N4O6Si-. The van der Waals surface area contributed by atoms with Crippen molar-refractivity contribution in [3.63, 3.8) is 0 Å². The second-order valence-electron chi connectivity index (χ2n) is 10.5. The number of nitrogens with one attached hydrogen (secondary N) is 3. The van der Waals surface area contributed by atoms with E-state index in [1.54, 1.807) is 17.9 Å². The first-order valence-electron chi connectivity index (χ1n) is 12.6. The van der Waals surface area contributed by atoms with Gasteiger partial charge in [0.15, 0.2) is 5.66 Å². The van der Waals surface area contributed by atoms with Crippen LogP contribution in [-0.4, -0.2) is 57.6 Å². The Balaban J connectivity index is 2.75. The van der Waals surface area contributed by atoms with E-state index in [4.69, 9.17) is 9.47 Å². The summed E-state index contributed by atoms with van der Waals surface area (Å²) in [5.74, 6) is -4.52. The van der Waals surface area contributed by atoms with Crippen LogP contribution in [0.2, 0.25) is 25.7 Å². The van der Waals surface area contributed by atoms with Crippen molar-refractivity contribution in [1.29, 1.82) is 0 Å². The van der Waals surface area contributed by atoms with Crippen molar-refractivity contribution in [3.8, 4) is 0 Å². The predicted octanol–water partition coefficient (Wildman–Crippen LogP) is 3.44. The molecule has 0 fully saturated rings. The van der Waals surface area contributed by atoms with Gasteiger partial charge in [0.25, 0.3) is 0 Å². The topological polar surface area (TPSA) is 132 Å². The second kappa shape index (κ2) is 13.2. The van der Waals surface area contributed by atoms with Crippen LogP contribution < -0.4 is 21.1 Å². The number of amides is 2. The third kappa shape index (κ3) is 8.24. The van der Waals surface area contributed by atoms with Crippen LogP contribution in [0.25, 0.3) is 0 Å². The van der Waals surface area contributed by atoms with E-state index in [9.17, 15) is 32.7 Å². The van der Waals surface area contributed by atoms with Gasteiger partial charge in [-0.2, -0.15) is 13.2 Å². The normalized spacial score (nSPS) is 18.5. The molecule has 2 atom stereocenters. The molecule has 0 spiro atoms. The van der Waals surface area contributed by atoms with E-state index in [0.717, 1.165) is 13.2 Å². The van der Waals surface area contributed by atoms with Crippen molar-refractivity contribution >= 4 is 31.7 Å². The minimum atomic E-state index is -5.16. The molecule has 1 heterocycles. The summed E-state index contributed by atoms with van der Waals surface area (Å²) in [5, 5.41) is 19.3. The quantitative estimate of drug-likeness (QED) is 0.193. The number of nitrogens with zero attached hydrogens (tertiary/aromatic N) is 1. The summed E-state index contributed by atoms with van der Waals surface area (Å²) in [4.78, 5) is 37.3. The summed E-state index contributed by atoms with van der Waals surface area (Å²) in [5.41, 5.74) is -1.20. The molecular weight excluding hydrogens is 549 g/mol. The number of rotatable bonds is 12. The first kappa shape index (κ1) is 32.7. The molecule has 40 heavy (non-hydrogen) atoms. The average Bonchev–Trinajstić information content (AvgIpc) is 3.22. The number of carboxylic acids is 1. The molecule has 222 valence electrons. The van der Waals surface area contributed by atoms with Gasteiger partial charge in [-0.15, -0.1) is 0 Å². The Morgan fingerprint density at radius 1 is 1.20 bits per heavy atom. The molecule has 2 rings (SSSR count). The lowest BCUT2D eigenvalue weighted by atomic mass is 9.85. The molecule has 0 radical (unpaired) electrons. The Morgan fingerprint density at radius 2 is 1.85 bits per heavy atom. The van der Waals surface area contributed by atoms with E-state index in [2.05, 4.69) is 30.3 Å². The summed E-state index contributed by atoms with van der Waals surface area (Å²) < 4.78 is 50.4. The van der Waals surface area contributed by atoms with Gasteiger partial charge in [-0.25, -0.2) is 4.79 Å². The highest BCUT2D eigenvalue weighted by Crippen LogP contribution is 2.43. The molecule has 14 heteroatoms. The van der Waals surface area contributed by atoms with Gasteiger partial charge in [0, 0.05) is 44.0 Å². The fourth-order valence-corrected chi connectivity index (χ4v) is 4.83. The molecule has 0 aliphatic carbocycles. The average molecular weight is 586 g/mol. The van der Waals surface area contributed by atoms with E-state index in [1.165, 1.54) is 37.4 Å². The lowest BCUT2D eigenvalue weighted by molar-refractivity contribution is -0.309. The van der Waals surface area contributed by atoms with Gasteiger partial charge in [0.1, 0.15) is 12.6 Å². The van der Waals surface area contributed by atoms with Gasteiger partial charge < -0.3 is 34.9 Å². The van der Waals surface area contributed by atoms with E-state index in [-0.39, 0.29) is 30.2 Å².